The Morgan fingerprint density at radius 3 is 2.81 bits per heavy atom. The molecule has 0 spiro atoms. The summed E-state index contributed by atoms with van der Waals surface area (Å²) in [6, 6.07) is 2.18. The smallest absolute Gasteiger partial charge is 0.218 e. The molecule has 0 atom stereocenters. The van der Waals surface area contributed by atoms with Gasteiger partial charge >= 0.3 is 0 Å². The third kappa shape index (κ3) is 5.85. The van der Waals surface area contributed by atoms with Crippen molar-refractivity contribution in [3.05, 3.63) is 12.4 Å². The van der Waals surface area contributed by atoms with Gasteiger partial charge in [0.2, 0.25) is 5.88 Å². The molecule has 3 N–H and O–H groups in total. The van der Waals surface area contributed by atoms with Crippen molar-refractivity contribution in [1.29, 1.82) is 0 Å². The Labute approximate surface area is 126 Å². The summed E-state index contributed by atoms with van der Waals surface area (Å²) >= 11 is 0. The van der Waals surface area contributed by atoms with Gasteiger partial charge in [0.25, 0.3) is 0 Å². The number of nitrogens with zero attached hydrogens (tertiary/aromatic N) is 2. The lowest BCUT2D eigenvalue weighted by molar-refractivity contribution is 0.0313. The van der Waals surface area contributed by atoms with E-state index < -0.39 is 0 Å². The van der Waals surface area contributed by atoms with Crippen LogP contribution in [0.15, 0.2) is 12.4 Å². The van der Waals surface area contributed by atoms with Gasteiger partial charge in [0.05, 0.1) is 19.3 Å². The van der Waals surface area contributed by atoms with E-state index in [1.54, 1.807) is 0 Å². The van der Waals surface area contributed by atoms with Crippen LogP contribution in [0.4, 0.5) is 5.82 Å². The van der Waals surface area contributed by atoms with Gasteiger partial charge in [-0.3, -0.25) is 0 Å². The van der Waals surface area contributed by atoms with Crippen molar-refractivity contribution in [3.63, 3.8) is 0 Å². The van der Waals surface area contributed by atoms with Crippen molar-refractivity contribution in [3.8, 4) is 5.88 Å². The van der Waals surface area contributed by atoms with E-state index in [0.29, 0.717) is 31.2 Å². The standard InChI is InChI=1S/C15H26N4O2/c1-2-8-21-15-10-14(18-11-19-15)17-7-9-20-13-5-3-12(16)4-6-13/h10-13H,2-9,16H2,1H3,(H,17,18,19). The van der Waals surface area contributed by atoms with Gasteiger partial charge in [0.15, 0.2) is 0 Å². The van der Waals surface area contributed by atoms with Crippen molar-refractivity contribution in [1.82, 2.24) is 9.97 Å². The third-order valence-electron chi connectivity index (χ3n) is 3.58. The molecule has 1 aromatic rings. The highest BCUT2D eigenvalue weighted by atomic mass is 16.5. The van der Waals surface area contributed by atoms with E-state index in [1.165, 1.54) is 6.33 Å². The van der Waals surface area contributed by atoms with Gasteiger partial charge in [-0.1, -0.05) is 6.92 Å². The Morgan fingerprint density at radius 2 is 2.05 bits per heavy atom. The molecule has 0 radical (unpaired) electrons. The predicted molar refractivity (Wildman–Crippen MR) is 82.5 cm³/mol. The maximum Gasteiger partial charge on any atom is 0.218 e. The Hall–Kier alpha value is -1.40. The van der Waals surface area contributed by atoms with E-state index in [0.717, 1.165) is 44.5 Å². The molecule has 1 aliphatic rings. The monoisotopic (exact) mass is 294 g/mol. The quantitative estimate of drug-likeness (QED) is 0.713. The summed E-state index contributed by atoms with van der Waals surface area (Å²) in [4.78, 5) is 8.24. The summed E-state index contributed by atoms with van der Waals surface area (Å²) in [5.41, 5.74) is 5.88. The minimum atomic E-state index is 0.362. The molecule has 1 heterocycles. The molecule has 0 bridgehead atoms. The van der Waals surface area contributed by atoms with E-state index in [9.17, 15) is 0 Å². The Balaban J connectivity index is 1.64. The van der Waals surface area contributed by atoms with Gasteiger partial charge in [-0.25, -0.2) is 9.97 Å². The fraction of sp³-hybridized carbons (Fsp3) is 0.733. The molecular formula is C15H26N4O2. The fourth-order valence-corrected chi connectivity index (χ4v) is 2.38. The van der Waals surface area contributed by atoms with E-state index >= 15 is 0 Å². The molecule has 1 fully saturated rings. The van der Waals surface area contributed by atoms with E-state index in [4.69, 9.17) is 15.2 Å². The fourth-order valence-electron chi connectivity index (χ4n) is 2.38. The maximum absolute atomic E-state index is 5.88. The zero-order valence-electron chi connectivity index (χ0n) is 12.8. The normalized spacial score (nSPS) is 22.0. The van der Waals surface area contributed by atoms with Crippen LogP contribution in [0.1, 0.15) is 39.0 Å². The van der Waals surface area contributed by atoms with Gasteiger partial charge in [-0.05, 0) is 32.1 Å². The van der Waals surface area contributed by atoms with Gasteiger partial charge in [0.1, 0.15) is 12.1 Å². The first kappa shape index (κ1) is 16.0. The lowest BCUT2D eigenvalue weighted by Crippen LogP contribution is -2.31. The first-order valence-electron chi connectivity index (χ1n) is 7.84. The SMILES string of the molecule is CCCOc1cc(NCCOC2CCC(N)CC2)ncn1. The Bertz CT molecular complexity index is 408. The zero-order valence-corrected chi connectivity index (χ0v) is 12.8. The lowest BCUT2D eigenvalue weighted by Gasteiger charge is -2.26. The van der Waals surface area contributed by atoms with Crippen LogP contribution in [-0.4, -0.2) is 41.9 Å². The van der Waals surface area contributed by atoms with E-state index in [1.807, 2.05) is 6.07 Å². The summed E-state index contributed by atoms with van der Waals surface area (Å²) in [6.07, 6.45) is 7.13. The maximum atomic E-state index is 5.88. The van der Waals surface area contributed by atoms with Gasteiger partial charge in [0, 0.05) is 18.7 Å². The number of nitrogens with two attached hydrogens (primary N) is 1. The predicted octanol–water partition coefficient (Wildman–Crippen LogP) is 1.96. The zero-order chi connectivity index (χ0) is 14.9. The Kier molecular flexibility index (Phi) is 6.69. The average Bonchev–Trinajstić information content (AvgIpc) is 2.52. The molecule has 118 valence electrons. The van der Waals surface area contributed by atoms with Crippen LogP contribution in [-0.2, 0) is 4.74 Å². The molecule has 0 saturated heterocycles. The average molecular weight is 294 g/mol. The molecule has 1 saturated carbocycles. The number of nitrogens with one attached hydrogen (secondary N) is 1. The number of aromatic nitrogens is 2. The van der Waals surface area contributed by atoms with Crippen LogP contribution in [0.25, 0.3) is 0 Å². The van der Waals surface area contributed by atoms with Gasteiger partial charge in [-0.15, -0.1) is 0 Å². The second-order valence-electron chi connectivity index (χ2n) is 5.42. The van der Waals surface area contributed by atoms with Crippen LogP contribution in [0.5, 0.6) is 5.88 Å². The minimum Gasteiger partial charge on any atom is -0.478 e. The van der Waals surface area contributed by atoms with Crippen LogP contribution in [0, 0.1) is 0 Å². The van der Waals surface area contributed by atoms with Crippen LogP contribution in [0.2, 0.25) is 0 Å². The second kappa shape index (κ2) is 8.79. The van der Waals surface area contributed by atoms with Crippen molar-refractivity contribution in [2.45, 2.75) is 51.2 Å². The first-order chi connectivity index (χ1) is 10.3. The summed E-state index contributed by atoms with van der Waals surface area (Å²) in [6.45, 7) is 4.14. The molecule has 6 nitrogen and oxygen atoms in total. The van der Waals surface area contributed by atoms with Crippen molar-refractivity contribution in [2.24, 2.45) is 5.73 Å². The van der Waals surface area contributed by atoms with Crippen LogP contribution < -0.4 is 15.8 Å². The lowest BCUT2D eigenvalue weighted by atomic mass is 9.94. The molecule has 0 aliphatic heterocycles. The highest BCUT2D eigenvalue weighted by Crippen LogP contribution is 2.19. The molecule has 2 rings (SSSR count). The highest BCUT2D eigenvalue weighted by molar-refractivity contribution is 5.36. The first-order valence-corrected chi connectivity index (χ1v) is 7.84. The third-order valence-corrected chi connectivity index (χ3v) is 3.58. The summed E-state index contributed by atoms with van der Waals surface area (Å²) < 4.78 is 11.3. The van der Waals surface area contributed by atoms with Crippen molar-refractivity contribution >= 4 is 5.82 Å². The number of ether oxygens (including phenoxy) is 2. The molecule has 0 aromatic carbocycles. The van der Waals surface area contributed by atoms with Gasteiger partial charge < -0.3 is 20.5 Å². The molecule has 6 heteroatoms. The largest absolute Gasteiger partial charge is 0.478 e. The van der Waals surface area contributed by atoms with Crippen LogP contribution in [0.3, 0.4) is 0 Å². The molecule has 0 unspecified atom stereocenters. The van der Waals surface area contributed by atoms with E-state index in [-0.39, 0.29) is 0 Å². The van der Waals surface area contributed by atoms with Crippen LogP contribution >= 0.6 is 0 Å². The van der Waals surface area contributed by atoms with Gasteiger partial charge in [-0.2, -0.15) is 0 Å². The summed E-state index contributed by atoms with van der Waals surface area (Å²) in [5.74, 6) is 1.38. The second-order valence-corrected chi connectivity index (χ2v) is 5.42. The molecule has 1 aliphatic carbocycles. The molecular weight excluding hydrogens is 268 g/mol. The topological polar surface area (TPSA) is 82.3 Å². The molecule has 0 amide bonds. The molecule has 1 aromatic heterocycles. The minimum absolute atomic E-state index is 0.362. The number of hydrogen-bond acceptors (Lipinski definition) is 6. The van der Waals surface area contributed by atoms with Crippen molar-refractivity contribution < 1.29 is 9.47 Å². The Morgan fingerprint density at radius 1 is 1.24 bits per heavy atom. The summed E-state index contributed by atoms with van der Waals surface area (Å²) in [5, 5.41) is 3.23. The molecule has 21 heavy (non-hydrogen) atoms. The number of hydrogen-bond donors (Lipinski definition) is 2. The van der Waals surface area contributed by atoms with E-state index in [2.05, 4.69) is 22.2 Å². The highest BCUT2D eigenvalue weighted by Gasteiger charge is 2.18. The summed E-state index contributed by atoms with van der Waals surface area (Å²) in [7, 11) is 0. The number of rotatable bonds is 8. The number of anilines is 1. The van der Waals surface area contributed by atoms with Crippen molar-refractivity contribution in [2.75, 3.05) is 25.1 Å².